The quantitative estimate of drug-likeness (QED) is 0.415. The van der Waals surface area contributed by atoms with E-state index in [2.05, 4.69) is 25.3 Å². The lowest BCUT2D eigenvalue weighted by molar-refractivity contribution is 0.315. The van der Waals surface area contributed by atoms with Crippen LogP contribution in [0, 0.1) is 13.8 Å². The lowest BCUT2D eigenvalue weighted by atomic mass is 10.1. The van der Waals surface area contributed by atoms with Gasteiger partial charge in [-0.1, -0.05) is 6.07 Å². The second-order valence-electron chi connectivity index (χ2n) is 3.13. The highest BCUT2D eigenvalue weighted by Crippen LogP contribution is 2.15. The molecule has 0 aromatic heterocycles. The number of hydrogen-bond donors (Lipinski definition) is 2. The molecule has 0 spiro atoms. The van der Waals surface area contributed by atoms with Gasteiger partial charge in [0.1, 0.15) is 12.4 Å². The summed E-state index contributed by atoms with van der Waals surface area (Å²) < 4.78 is 5.47. The first-order valence-electron chi connectivity index (χ1n) is 4.37. The molecular formula is C10H16N2O. The summed E-state index contributed by atoms with van der Waals surface area (Å²) in [6.45, 7) is 5.37. The molecule has 1 rings (SSSR count). The van der Waals surface area contributed by atoms with Crippen molar-refractivity contribution in [1.29, 1.82) is 0 Å². The first-order valence-corrected chi connectivity index (χ1v) is 4.37. The Balaban J connectivity index is 2.56. The van der Waals surface area contributed by atoms with Gasteiger partial charge in [0.2, 0.25) is 0 Å². The Morgan fingerprint density at radius 1 is 1.23 bits per heavy atom. The van der Waals surface area contributed by atoms with Gasteiger partial charge in [-0.05, 0) is 37.1 Å². The molecule has 3 heteroatoms. The Morgan fingerprint density at radius 3 is 2.38 bits per heavy atom. The maximum absolute atomic E-state index is 5.47. The van der Waals surface area contributed by atoms with E-state index in [-0.39, 0.29) is 0 Å². The van der Waals surface area contributed by atoms with Crippen molar-refractivity contribution in [3.8, 4) is 5.75 Å². The van der Waals surface area contributed by atoms with E-state index in [0.29, 0.717) is 13.2 Å². The van der Waals surface area contributed by atoms with E-state index < -0.39 is 0 Å². The predicted octanol–water partition coefficient (Wildman–Crippen LogP) is 1.15. The van der Waals surface area contributed by atoms with Gasteiger partial charge >= 0.3 is 0 Å². The number of nitrogens with two attached hydrogens (primary N) is 1. The molecule has 0 saturated carbocycles. The maximum Gasteiger partial charge on any atom is 0.119 e. The number of benzene rings is 1. The van der Waals surface area contributed by atoms with Crippen molar-refractivity contribution < 1.29 is 4.74 Å². The molecule has 0 aliphatic carbocycles. The Labute approximate surface area is 78.9 Å². The zero-order valence-corrected chi connectivity index (χ0v) is 8.13. The second kappa shape index (κ2) is 4.84. The van der Waals surface area contributed by atoms with Crippen LogP contribution in [0.2, 0.25) is 0 Å². The van der Waals surface area contributed by atoms with Crippen LogP contribution in [0.25, 0.3) is 0 Å². The zero-order chi connectivity index (χ0) is 9.68. The number of nitrogens with one attached hydrogen (secondary N) is 1. The van der Waals surface area contributed by atoms with Crippen molar-refractivity contribution in [2.24, 2.45) is 5.84 Å². The number of aryl methyl sites for hydroxylation is 2. The van der Waals surface area contributed by atoms with E-state index in [4.69, 9.17) is 10.6 Å². The van der Waals surface area contributed by atoms with E-state index in [1.165, 1.54) is 11.1 Å². The lowest BCUT2D eigenvalue weighted by Crippen LogP contribution is -2.27. The fraction of sp³-hybridized carbons (Fsp3) is 0.400. The van der Waals surface area contributed by atoms with Crippen molar-refractivity contribution in [2.75, 3.05) is 13.2 Å². The number of rotatable bonds is 4. The first kappa shape index (κ1) is 10.0. The van der Waals surface area contributed by atoms with Gasteiger partial charge in [0, 0.05) is 6.54 Å². The summed E-state index contributed by atoms with van der Waals surface area (Å²) in [6, 6.07) is 6.15. The second-order valence-corrected chi connectivity index (χ2v) is 3.13. The number of hydrazine groups is 1. The molecule has 0 bridgehead atoms. The van der Waals surface area contributed by atoms with Gasteiger partial charge in [-0.2, -0.15) is 0 Å². The van der Waals surface area contributed by atoms with E-state index in [1.807, 2.05) is 12.1 Å². The highest BCUT2D eigenvalue weighted by molar-refractivity contribution is 5.32. The summed E-state index contributed by atoms with van der Waals surface area (Å²) in [5, 5.41) is 0. The van der Waals surface area contributed by atoms with Gasteiger partial charge in [-0.25, -0.2) is 0 Å². The minimum Gasteiger partial charge on any atom is -0.492 e. The third-order valence-electron chi connectivity index (χ3n) is 1.71. The average Bonchev–Trinajstić information content (AvgIpc) is 2.03. The van der Waals surface area contributed by atoms with Gasteiger partial charge in [0.25, 0.3) is 0 Å². The minimum absolute atomic E-state index is 0.597. The molecule has 0 aliphatic rings. The van der Waals surface area contributed by atoms with Gasteiger partial charge in [0.05, 0.1) is 0 Å². The molecule has 0 aliphatic heterocycles. The molecule has 3 N–H and O–H groups in total. The number of hydrogen-bond acceptors (Lipinski definition) is 3. The average molecular weight is 180 g/mol. The van der Waals surface area contributed by atoms with Crippen LogP contribution in [0.1, 0.15) is 11.1 Å². The van der Waals surface area contributed by atoms with E-state index in [9.17, 15) is 0 Å². The molecule has 0 heterocycles. The molecule has 72 valence electrons. The predicted molar refractivity (Wildman–Crippen MR) is 53.6 cm³/mol. The van der Waals surface area contributed by atoms with Crippen molar-refractivity contribution in [3.63, 3.8) is 0 Å². The van der Waals surface area contributed by atoms with Gasteiger partial charge in [-0.15, -0.1) is 0 Å². The third kappa shape index (κ3) is 3.44. The summed E-state index contributed by atoms with van der Waals surface area (Å²) in [6.07, 6.45) is 0. The normalized spacial score (nSPS) is 10.1. The topological polar surface area (TPSA) is 47.3 Å². The molecule has 0 atom stereocenters. The van der Waals surface area contributed by atoms with Crippen LogP contribution in [0.3, 0.4) is 0 Å². The van der Waals surface area contributed by atoms with Gasteiger partial charge in [-0.3, -0.25) is 11.3 Å². The lowest BCUT2D eigenvalue weighted by Gasteiger charge is -2.07. The van der Waals surface area contributed by atoms with Crippen molar-refractivity contribution >= 4 is 0 Å². The first-order chi connectivity index (χ1) is 6.22. The Morgan fingerprint density at radius 2 is 1.85 bits per heavy atom. The smallest absolute Gasteiger partial charge is 0.119 e. The Hall–Kier alpha value is -1.06. The standard InChI is InChI=1S/C10H16N2O/c1-8-5-9(2)7-10(6-8)13-4-3-12-11/h5-7,12H,3-4,11H2,1-2H3. The summed E-state index contributed by atoms with van der Waals surface area (Å²) in [5.41, 5.74) is 4.98. The highest BCUT2D eigenvalue weighted by Gasteiger charge is 1.95. The molecule has 0 unspecified atom stereocenters. The fourth-order valence-corrected chi connectivity index (χ4v) is 1.24. The summed E-state index contributed by atoms with van der Waals surface area (Å²) in [7, 11) is 0. The van der Waals surface area contributed by atoms with Crippen molar-refractivity contribution in [3.05, 3.63) is 29.3 Å². The molecule has 0 fully saturated rings. The third-order valence-corrected chi connectivity index (χ3v) is 1.71. The highest BCUT2D eigenvalue weighted by atomic mass is 16.5. The van der Waals surface area contributed by atoms with Gasteiger partial charge in [0.15, 0.2) is 0 Å². The molecule has 3 nitrogen and oxygen atoms in total. The summed E-state index contributed by atoms with van der Waals surface area (Å²) in [4.78, 5) is 0. The molecule has 0 amide bonds. The van der Waals surface area contributed by atoms with E-state index >= 15 is 0 Å². The molecule has 1 aromatic carbocycles. The van der Waals surface area contributed by atoms with E-state index in [1.54, 1.807) is 0 Å². The molecule has 0 radical (unpaired) electrons. The molecule has 0 saturated heterocycles. The van der Waals surface area contributed by atoms with Crippen LogP contribution >= 0.6 is 0 Å². The zero-order valence-electron chi connectivity index (χ0n) is 8.13. The van der Waals surface area contributed by atoms with Crippen LogP contribution in [-0.2, 0) is 0 Å². The minimum atomic E-state index is 0.597. The maximum atomic E-state index is 5.47. The van der Waals surface area contributed by atoms with Crippen LogP contribution in [0.4, 0.5) is 0 Å². The molecule has 13 heavy (non-hydrogen) atoms. The van der Waals surface area contributed by atoms with Crippen LogP contribution < -0.4 is 16.0 Å². The SMILES string of the molecule is Cc1cc(C)cc(OCCNN)c1. The van der Waals surface area contributed by atoms with Gasteiger partial charge < -0.3 is 4.74 Å². The Bertz CT molecular complexity index is 253. The van der Waals surface area contributed by atoms with Crippen LogP contribution in [0.5, 0.6) is 5.75 Å². The fourth-order valence-electron chi connectivity index (χ4n) is 1.24. The molecule has 1 aromatic rings. The van der Waals surface area contributed by atoms with Crippen molar-refractivity contribution in [2.45, 2.75) is 13.8 Å². The molecular weight excluding hydrogens is 164 g/mol. The Kier molecular flexibility index (Phi) is 3.73. The monoisotopic (exact) mass is 180 g/mol. The van der Waals surface area contributed by atoms with E-state index in [0.717, 1.165) is 5.75 Å². The van der Waals surface area contributed by atoms with Crippen LogP contribution in [0.15, 0.2) is 18.2 Å². The van der Waals surface area contributed by atoms with Crippen LogP contribution in [-0.4, -0.2) is 13.2 Å². The summed E-state index contributed by atoms with van der Waals surface area (Å²) in [5.74, 6) is 6.03. The van der Waals surface area contributed by atoms with Crippen molar-refractivity contribution in [1.82, 2.24) is 5.43 Å². The number of ether oxygens (including phenoxy) is 1. The summed E-state index contributed by atoms with van der Waals surface area (Å²) >= 11 is 0. The largest absolute Gasteiger partial charge is 0.492 e.